The molecule has 1 unspecified atom stereocenters. The number of rotatable bonds is 3. The van der Waals surface area contributed by atoms with Gasteiger partial charge in [-0.1, -0.05) is 23.8 Å². The molecule has 2 aromatic rings. The second kappa shape index (κ2) is 4.58. The first-order valence-electron chi connectivity index (χ1n) is 6.16. The predicted molar refractivity (Wildman–Crippen MR) is 72.4 cm³/mol. The summed E-state index contributed by atoms with van der Waals surface area (Å²) >= 11 is 0. The van der Waals surface area contributed by atoms with Crippen molar-refractivity contribution in [3.63, 3.8) is 0 Å². The highest BCUT2D eigenvalue weighted by Crippen LogP contribution is 2.28. The van der Waals surface area contributed by atoms with Crippen LogP contribution in [-0.4, -0.2) is 14.9 Å². The van der Waals surface area contributed by atoms with E-state index in [0.717, 1.165) is 16.7 Å². The third kappa shape index (κ3) is 2.62. The molecule has 0 aliphatic carbocycles. The molecule has 0 radical (unpaired) electrons. The minimum Gasteiger partial charge on any atom is -0.385 e. The van der Waals surface area contributed by atoms with E-state index in [0.29, 0.717) is 6.42 Å². The zero-order chi connectivity index (χ0) is 13.3. The molecule has 1 heterocycles. The first-order valence-corrected chi connectivity index (χ1v) is 6.16. The van der Waals surface area contributed by atoms with Crippen LogP contribution in [0.1, 0.15) is 29.2 Å². The molecule has 0 bridgehead atoms. The Morgan fingerprint density at radius 2 is 2.06 bits per heavy atom. The fraction of sp³-hybridized carbons (Fsp3) is 0.400. The van der Waals surface area contributed by atoms with Gasteiger partial charge in [0.15, 0.2) is 0 Å². The maximum Gasteiger partial charge on any atom is 0.0912 e. The Morgan fingerprint density at radius 3 is 2.67 bits per heavy atom. The number of aryl methyl sites for hydroxylation is 3. The van der Waals surface area contributed by atoms with E-state index < -0.39 is 5.60 Å². The lowest BCUT2D eigenvalue weighted by molar-refractivity contribution is 0.0569. The molecule has 2 rings (SSSR count). The standard InChI is InChI=1S/C15H20N2O/c1-11-5-6-12(2)14(7-11)15(3,18)8-13-9-16-17(4)10-13/h5-7,9-10,18H,8H2,1-4H3. The average molecular weight is 244 g/mol. The molecule has 1 aromatic heterocycles. The smallest absolute Gasteiger partial charge is 0.0912 e. The van der Waals surface area contributed by atoms with Gasteiger partial charge in [0.25, 0.3) is 0 Å². The van der Waals surface area contributed by atoms with Crippen molar-refractivity contribution >= 4 is 0 Å². The summed E-state index contributed by atoms with van der Waals surface area (Å²) in [6.45, 7) is 5.94. The predicted octanol–water partition coefficient (Wildman–Crippen LogP) is 2.49. The third-order valence-electron chi connectivity index (χ3n) is 3.28. The van der Waals surface area contributed by atoms with Crippen LogP contribution in [0.25, 0.3) is 0 Å². The highest BCUT2D eigenvalue weighted by atomic mass is 16.3. The Morgan fingerprint density at radius 1 is 1.33 bits per heavy atom. The van der Waals surface area contributed by atoms with Crippen LogP contribution in [0.2, 0.25) is 0 Å². The molecule has 0 saturated carbocycles. The van der Waals surface area contributed by atoms with Crippen molar-refractivity contribution in [1.82, 2.24) is 9.78 Å². The molecule has 1 atom stereocenters. The molecule has 0 aliphatic heterocycles. The van der Waals surface area contributed by atoms with Crippen LogP contribution in [-0.2, 0) is 19.1 Å². The van der Waals surface area contributed by atoms with E-state index in [2.05, 4.69) is 23.3 Å². The van der Waals surface area contributed by atoms with Gasteiger partial charge < -0.3 is 5.11 Å². The molecular formula is C15H20N2O. The number of benzene rings is 1. The molecule has 0 saturated heterocycles. The lowest BCUT2D eigenvalue weighted by atomic mass is 9.86. The fourth-order valence-corrected chi connectivity index (χ4v) is 2.37. The van der Waals surface area contributed by atoms with Crippen molar-refractivity contribution < 1.29 is 5.11 Å². The number of nitrogens with zero attached hydrogens (tertiary/aromatic N) is 2. The molecule has 3 nitrogen and oxygen atoms in total. The Labute approximate surface area is 108 Å². The minimum absolute atomic E-state index is 0.575. The van der Waals surface area contributed by atoms with Gasteiger partial charge in [0, 0.05) is 19.7 Å². The maximum atomic E-state index is 10.7. The lowest BCUT2D eigenvalue weighted by Crippen LogP contribution is -2.25. The van der Waals surface area contributed by atoms with Crippen molar-refractivity contribution in [3.8, 4) is 0 Å². The molecule has 0 fully saturated rings. The molecule has 18 heavy (non-hydrogen) atoms. The van der Waals surface area contributed by atoms with Gasteiger partial charge in [0.1, 0.15) is 0 Å². The molecule has 96 valence electrons. The summed E-state index contributed by atoms with van der Waals surface area (Å²) in [5.41, 5.74) is 3.46. The van der Waals surface area contributed by atoms with E-state index in [1.165, 1.54) is 5.56 Å². The summed E-state index contributed by atoms with van der Waals surface area (Å²) in [4.78, 5) is 0. The van der Waals surface area contributed by atoms with E-state index >= 15 is 0 Å². The molecule has 1 aromatic carbocycles. The highest BCUT2D eigenvalue weighted by Gasteiger charge is 2.26. The number of hydrogen-bond donors (Lipinski definition) is 1. The summed E-state index contributed by atoms with van der Waals surface area (Å²) in [6, 6.07) is 6.19. The summed E-state index contributed by atoms with van der Waals surface area (Å²) in [6.07, 6.45) is 4.32. The number of aliphatic hydroxyl groups is 1. The zero-order valence-corrected chi connectivity index (χ0v) is 11.4. The molecule has 1 N–H and O–H groups in total. The monoisotopic (exact) mass is 244 g/mol. The Balaban J connectivity index is 2.32. The van der Waals surface area contributed by atoms with Crippen molar-refractivity contribution in [3.05, 3.63) is 52.8 Å². The van der Waals surface area contributed by atoms with Crippen LogP contribution in [0, 0.1) is 13.8 Å². The van der Waals surface area contributed by atoms with Crippen LogP contribution in [0.4, 0.5) is 0 Å². The SMILES string of the molecule is Cc1ccc(C)c(C(C)(O)Cc2cnn(C)c2)c1. The largest absolute Gasteiger partial charge is 0.385 e. The topological polar surface area (TPSA) is 38.1 Å². The Bertz CT molecular complexity index is 555. The van der Waals surface area contributed by atoms with Crippen LogP contribution in [0.15, 0.2) is 30.6 Å². The van der Waals surface area contributed by atoms with E-state index in [4.69, 9.17) is 0 Å². The molecular weight excluding hydrogens is 224 g/mol. The Hall–Kier alpha value is -1.61. The number of aromatic nitrogens is 2. The van der Waals surface area contributed by atoms with Crippen molar-refractivity contribution in [2.45, 2.75) is 32.8 Å². The van der Waals surface area contributed by atoms with Crippen LogP contribution < -0.4 is 0 Å². The lowest BCUT2D eigenvalue weighted by Gasteiger charge is -2.25. The van der Waals surface area contributed by atoms with Crippen molar-refractivity contribution in [1.29, 1.82) is 0 Å². The van der Waals surface area contributed by atoms with Gasteiger partial charge in [0.05, 0.1) is 11.8 Å². The summed E-state index contributed by atoms with van der Waals surface area (Å²) < 4.78 is 1.76. The normalized spacial score (nSPS) is 14.5. The van der Waals surface area contributed by atoms with Gasteiger partial charge in [-0.05, 0) is 37.5 Å². The van der Waals surface area contributed by atoms with Gasteiger partial charge in [-0.2, -0.15) is 5.10 Å². The van der Waals surface area contributed by atoms with E-state index in [9.17, 15) is 5.11 Å². The average Bonchev–Trinajstić information content (AvgIpc) is 2.66. The third-order valence-corrected chi connectivity index (χ3v) is 3.28. The highest BCUT2D eigenvalue weighted by molar-refractivity contribution is 5.35. The first-order chi connectivity index (χ1) is 8.38. The summed E-state index contributed by atoms with van der Waals surface area (Å²) in [7, 11) is 1.89. The van der Waals surface area contributed by atoms with Crippen LogP contribution in [0.5, 0.6) is 0 Å². The summed E-state index contributed by atoms with van der Waals surface area (Å²) in [5, 5.41) is 14.9. The van der Waals surface area contributed by atoms with E-state index in [1.807, 2.05) is 34.0 Å². The second-order valence-electron chi connectivity index (χ2n) is 5.29. The van der Waals surface area contributed by atoms with Gasteiger partial charge in [-0.15, -0.1) is 0 Å². The van der Waals surface area contributed by atoms with Gasteiger partial charge in [-0.25, -0.2) is 0 Å². The fourth-order valence-electron chi connectivity index (χ4n) is 2.37. The number of hydrogen-bond acceptors (Lipinski definition) is 2. The quantitative estimate of drug-likeness (QED) is 0.900. The molecule has 3 heteroatoms. The molecule has 0 aliphatic rings. The van der Waals surface area contributed by atoms with Crippen LogP contribution >= 0.6 is 0 Å². The zero-order valence-electron chi connectivity index (χ0n) is 11.4. The van der Waals surface area contributed by atoms with Crippen molar-refractivity contribution in [2.75, 3.05) is 0 Å². The van der Waals surface area contributed by atoms with Crippen LogP contribution in [0.3, 0.4) is 0 Å². The molecule has 0 spiro atoms. The van der Waals surface area contributed by atoms with Crippen molar-refractivity contribution in [2.24, 2.45) is 7.05 Å². The Kier molecular flexibility index (Phi) is 3.26. The molecule has 0 amide bonds. The maximum absolute atomic E-state index is 10.7. The minimum atomic E-state index is -0.862. The first kappa shape index (κ1) is 12.8. The van der Waals surface area contributed by atoms with E-state index in [1.54, 1.807) is 10.9 Å². The van der Waals surface area contributed by atoms with E-state index in [-0.39, 0.29) is 0 Å². The van der Waals surface area contributed by atoms with Gasteiger partial charge in [-0.3, -0.25) is 4.68 Å². The van der Waals surface area contributed by atoms with Gasteiger partial charge in [0.2, 0.25) is 0 Å². The van der Waals surface area contributed by atoms with Gasteiger partial charge >= 0.3 is 0 Å². The summed E-state index contributed by atoms with van der Waals surface area (Å²) in [5.74, 6) is 0. The second-order valence-corrected chi connectivity index (χ2v) is 5.29.